The minimum atomic E-state index is -4.15. The van der Waals surface area contributed by atoms with E-state index in [0.717, 1.165) is 29.6 Å². The molecule has 1 aliphatic rings. The summed E-state index contributed by atoms with van der Waals surface area (Å²) in [7, 11) is -1.56. The molecule has 1 heterocycles. The molecule has 0 unspecified atom stereocenters. The maximum absolute atomic E-state index is 14.4. The van der Waals surface area contributed by atoms with E-state index in [9.17, 15) is 22.4 Å². The van der Waals surface area contributed by atoms with Gasteiger partial charge in [0.25, 0.3) is 5.91 Å². The number of para-hydroxylation sites is 2. The van der Waals surface area contributed by atoms with Crippen molar-refractivity contribution in [3.63, 3.8) is 0 Å². The van der Waals surface area contributed by atoms with E-state index in [1.54, 1.807) is 29.2 Å². The van der Waals surface area contributed by atoms with E-state index in [4.69, 9.17) is 0 Å². The Morgan fingerprint density at radius 2 is 1.62 bits per heavy atom. The monoisotopic (exact) mass is 462 g/mol. The Morgan fingerprint density at radius 1 is 1.00 bits per heavy atom. The van der Waals surface area contributed by atoms with Crippen LogP contribution >= 0.6 is 0 Å². The van der Waals surface area contributed by atoms with E-state index < -0.39 is 28.5 Å². The zero-order chi connectivity index (χ0) is 23.3. The van der Waals surface area contributed by atoms with Crippen LogP contribution in [-0.2, 0) is 15.0 Å². The SMILES string of the molecule is CN(C)S(=O)(=O)N(CC(=O)Nc1ccccc1C(=O)N1CCCCC1)c1ccccc1F. The summed E-state index contributed by atoms with van der Waals surface area (Å²) in [4.78, 5) is 27.5. The molecular formula is C22H27FN4O4S. The van der Waals surface area contributed by atoms with E-state index in [0.29, 0.717) is 23.0 Å². The molecule has 0 aromatic heterocycles. The van der Waals surface area contributed by atoms with Crippen LogP contribution in [-0.4, -0.2) is 63.2 Å². The van der Waals surface area contributed by atoms with Crippen LogP contribution in [0.2, 0.25) is 0 Å². The highest BCUT2D eigenvalue weighted by Gasteiger charge is 2.30. The number of nitrogens with zero attached hydrogens (tertiary/aromatic N) is 3. The number of rotatable bonds is 7. The fourth-order valence-corrected chi connectivity index (χ4v) is 4.58. The van der Waals surface area contributed by atoms with Gasteiger partial charge < -0.3 is 10.2 Å². The third-order valence-corrected chi connectivity index (χ3v) is 7.03. The van der Waals surface area contributed by atoms with Crippen molar-refractivity contribution in [3.05, 3.63) is 59.9 Å². The number of carbonyl (C=O) groups is 2. The van der Waals surface area contributed by atoms with Gasteiger partial charge in [-0.05, 0) is 43.5 Å². The third kappa shape index (κ3) is 5.25. The van der Waals surface area contributed by atoms with Crippen LogP contribution in [0.1, 0.15) is 29.6 Å². The highest BCUT2D eigenvalue weighted by molar-refractivity contribution is 7.90. The predicted octanol–water partition coefficient (Wildman–Crippen LogP) is 2.70. The van der Waals surface area contributed by atoms with Gasteiger partial charge in [-0.1, -0.05) is 24.3 Å². The lowest BCUT2D eigenvalue weighted by Gasteiger charge is -2.28. The second-order valence-corrected chi connectivity index (χ2v) is 9.76. The average Bonchev–Trinajstić information content (AvgIpc) is 2.78. The van der Waals surface area contributed by atoms with Gasteiger partial charge in [0.15, 0.2) is 0 Å². The summed E-state index contributed by atoms with van der Waals surface area (Å²) in [5.74, 6) is -1.66. The van der Waals surface area contributed by atoms with Crippen LogP contribution in [0.5, 0.6) is 0 Å². The summed E-state index contributed by atoms with van der Waals surface area (Å²) in [6.45, 7) is 0.653. The van der Waals surface area contributed by atoms with Crippen LogP contribution < -0.4 is 9.62 Å². The predicted molar refractivity (Wildman–Crippen MR) is 121 cm³/mol. The Bertz CT molecular complexity index is 1080. The van der Waals surface area contributed by atoms with Gasteiger partial charge in [-0.15, -0.1) is 0 Å². The molecule has 1 aliphatic heterocycles. The van der Waals surface area contributed by atoms with Crippen LogP contribution in [0.15, 0.2) is 48.5 Å². The smallest absolute Gasteiger partial charge is 0.304 e. The zero-order valence-corrected chi connectivity index (χ0v) is 18.9. The Balaban J connectivity index is 1.85. The van der Waals surface area contributed by atoms with Gasteiger partial charge in [0.1, 0.15) is 12.4 Å². The van der Waals surface area contributed by atoms with Crippen molar-refractivity contribution in [1.29, 1.82) is 0 Å². The Kier molecular flexibility index (Phi) is 7.47. The summed E-state index contributed by atoms with van der Waals surface area (Å²) < 4.78 is 41.6. The highest BCUT2D eigenvalue weighted by Crippen LogP contribution is 2.24. The van der Waals surface area contributed by atoms with Crippen LogP contribution in [0, 0.1) is 5.82 Å². The minimum Gasteiger partial charge on any atom is -0.339 e. The maximum atomic E-state index is 14.4. The molecule has 0 radical (unpaired) electrons. The number of benzene rings is 2. The van der Waals surface area contributed by atoms with E-state index in [2.05, 4.69) is 5.32 Å². The molecule has 0 spiro atoms. The molecule has 0 atom stereocenters. The molecule has 172 valence electrons. The number of hydrogen-bond donors (Lipinski definition) is 1. The number of halogens is 1. The Hall–Kier alpha value is -2.98. The van der Waals surface area contributed by atoms with E-state index in [-0.39, 0.29) is 17.3 Å². The third-order valence-electron chi connectivity index (χ3n) is 5.22. The number of amides is 2. The molecule has 8 nitrogen and oxygen atoms in total. The van der Waals surface area contributed by atoms with Crippen LogP contribution in [0.25, 0.3) is 0 Å². The minimum absolute atomic E-state index is 0.188. The quantitative estimate of drug-likeness (QED) is 0.685. The Morgan fingerprint density at radius 3 is 2.28 bits per heavy atom. The van der Waals surface area contributed by atoms with Gasteiger partial charge in [-0.2, -0.15) is 12.7 Å². The van der Waals surface area contributed by atoms with Gasteiger partial charge in [0.2, 0.25) is 5.91 Å². The first-order chi connectivity index (χ1) is 15.2. The van der Waals surface area contributed by atoms with Crippen molar-refractivity contribution >= 4 is 33.4 Å². The van der Waals surface area contributed by atoms with Crippen molar-refractivity contribution in [3.8, 4) is 0 Å². The van der Waals surface area contributed by atoms with Gasteiger partial charge in [0, 0.05) is 27.2 Å². The molecule has 2 aromatic carbocycles. The molecule has 1 fully saturated rings. The summed E-state index contributed by atoms with van der Waals surface area (Å²) in [6, 6.07) is 11.9. The number of carbonyl (C=O) groups excluding carboxylic acids is 2. The van der Waals surface area contributed by atoms with Crippen molar-refractivity contribution in [1.82, 2.24) is 9.21 Å². The second-order valence-electron chi connectivity index (χ2n) is 7.69. The average molecular weight is 463 g/mol. The summed E-state index contributed by atoms with van der Waals surface area (Å²) in [5, 5.41) is 2.63. The van der Waals surface area contributed by atoms with E-state index in [1.165, 1.54) is 32.3 Å². The maximum Gasteiger partial charge on any atom is 0.304 e. The zero-order valence-electron chi connectivity index (χ0n) is 18.1. The molecular weight excluding hydrogens is 435 g/mol. The highest BCUT2D eigenvalue weighted by atomic mass is 32.2. The summed E-state index contributed by atoms with van der Waals surface area (Å²) >= 11 is 0. The molecule has 3 rings (SSSR count). The normalized spacial score (nSPS) is 14.3. The van der Waals surface area contributed by atoms with Gasteiger partial charge in [0.05, 0.1) is 16.9 Å². The van der Waals surface area contributed by atoms with Crippen LogP contribution in [0.3, 0.4) is 0 Å². The number of likely N-dealkylation sites (tertiary alicyclic amines) is 1. The van der Waals surface area contributed by atoms with Crippen LogP contribution in [0.4, 0.5) is 15.8 Å². The van der Waals surface area contributed by atoms with Gasteiger partial charge >= 0.3 is 10.2 Å². The van der Waals surface area contributed by atoms with Crippen molar-refractivity contribution < 1.29 is 22.4 Å². The molecule has 2 amide bonds. The molecule has 2 aromatic rings. The fourth-order valence-electron chi connectivity index (χ4n) is 3.51. The molecule has 1 N–H and O–H groups in total. The first kappa shape index (κ1) is 23.7. The molecule has 10 heteroatoms. The molecule has 0 aliphatic carbocycles. The number of hydrogen-bond acceptors (Lipinski definition) is 4. The lowest BCUT2D eigenvalue weighted by molar-refractivity contribution is -0.114. The molecule has 1 saturated heterocycles. The lowest BCUT2D eigenvalue weighted by atomic mass is 10.1. The summed E-state index contributed by atoms with van der Waals surface area (Å²) in [5.41, 5.74) is 0.369. The lowest BCUT2D eigenvalue weighted by Crippen LogP contribution is -2.44. The van der Waals surface area contributed by atoms with E-state index >= 15 is 0 Å². The molecule has 0 saturated carbocycles. The van der Waals surface area contributed by atoms with Crippen molar-refractivity contribution in [2.45, 2.75) is 19.3 Å². The molecule has 32 heavy (non-hydrogen) atoms. The molecule has 0 bridgehead atoms. The first-order valence-electron chi connectivity index (χ1n) is 10.3. The van der Waals surface area contributed by atoms with Gasteiger partial charge in [-0.25, -0.2) is 8.70 Å². The topological polar surface area (TPSA) is 90.0 Å². The second kappa shape index (κ2) is 10.1. The first-order valence-corrected chi connectivity index (χ1v) is 11.7. The standard InChI is InChI=1S/C22H27FN4O4S/c1-25(2)32(30,31)27(20-13-7-5-11-18(20)23)16-21(28)24-19-12-6-4-10-17(19)22(29)26-14-8-3-9-15-26/h4-7,10-13H,3,8-9,14-16H2,1-2H3,(H,24,28). The van der Waals surface area contributed by atoms with E-state index in [1.807, 2.05) is 0 Å². The summed E-state index contributed by atoms with van der Waals surface area (Å²) in [6.07, 6.45) is 2.94. The Labute approximate surface area is 187 Å². The number of piperidine rings is 1. The largest absolute Gasteiger partial charge is 0.339 e. The fraction of sp³-hybridized carbons (Fsp3) is 0.364. The van der Waals surface area contributed by atoms with Gasteiger partial charge in [-0.3, -0.25) is 9.59 Å². The van der Waals surface area contributed by atoms with Crippen molar-refractivity contribution in [2.24, 2.45) is 0 Å². The van der Waals surface area contributed by atoms with Crippen molar-refractivity contribution in [2.75, 3.05) is 43.4 Å². The number of anilines is 2. The number of nitrogens with one attached hydrogen (secondary N) is 1.